The quantitative estimate of drug-likeness (QED) is 0.839. The fraction of sp³-hybridized carbons (Fsp3) is 0.875. The van der Waals surface area contributed by atoms with Crippen LogP contribution in [-0.4, -0.2) is 41.1 Å². The molecule has 118 valence electrons. The zero-order valence-electron chi connectivity index (χ0n) is 13.2. The van der Waals surface area contributed by atoms with Crippen molar-refractivity contribution in [3.05, 3.63) is 0 Å². The number of carbonyl (C=O) groups excluding carboxylic acids is 1. The molecule has 0 aromatic heterocycles. The molecule has 1 saturated heterocycles. The highest BCUT2D eigenvalue weighted by molar-refractivity contribution is 5.76. The van der Waals surface area contributed by atoms with Crippen LogP contribution in [0.15, 0.2) is 0 Å². The van der Waals surface area contributed by atoms with Crippen molar-refractivity contribution >= 4 is 12.0 Å². The molecule has 2 aliphatic carbocycles. The van der Waals surface area contributed by atoms with Crippen molar-refractivity contribution in [1.29, 1.82) is 0 Å². The lowest BCUT2D eigenvalue weighted by molar-refractivity contribution is -0.139. The number of likely N-dealkylation sites (tertiary alicyclic amines) is 1. The summed E-state index contributed by atoms with van der Waals surface area (Å²) >= 11 is 0. The van der Waals surface area contributed by atoms with Crippen molar-refractivity contribution in [2.45, 2.75) is 52.5 Å². The molecule has 2 saturated carbocycles. The van der Waals surface area contributed by atoms with Crippen LogP contribution in [0.1, 0.15) is 46.5 Å². The minimum atomic E-state index is -0.776. The molecule has 2 bridgehead atoms. The lowest BCUT2D eigenvalue weighted by Crippen LogP contribution is -2.60. The minimum Gasteiger partial charge on any atom is -0.481 e. The molecule has 1 aliphatic heterocycles. The Kier molecular flexibility index (Phi) is 3.22. The molecular formula is C16H26N2O3. The molecule has 3 aliphatic rings. The first kappa shape index (κ1) is 14.7. The van der Waals surface area contributed by atoms with Crippen LogP contribution in [0.2, 0.25) is 0 Å². The van der Waals surface area contributed by atoms with Crippen LogP contribution in [0, 0.1) is 22.7 Å². The number of carboxylic acid groups (broad SMARTS) is 1. The van der Waals surface area contributed by atoms with E-state index >= 15 is 0 Å². The van der Waals surface area contributed by atoms with E-state index in [9.17, 15) is 9.59 Å². The fourth-order valence-electron chi connectivity index (χ4n) is 4.99. The Bertz CT molecular complexity index is 465. The van der Waals surface area contributed by atoms with Crippen LogP contribution in [0.5, 0.6) is 0 Å². The Hall–Kier alpha value is -1.26. The number of fused-ring (bicyclic) bond motifs is 2. The van der Waals surface area contributed by atoms with Gasteiger partial charge in [0.2, 0.25) is 0 Å². The third kappa shape index (κ3) is 2.30. The molecule has 5 heteroatoms. The molecule has 0 radical (unpaired) electrons. The molecule has 5 nitrogen and oxygen atoms in total. The average molecular weight is 294 g/mol. The third-order valence-electron chi connectivity index (χ3n) is 6.25. The zero-order valence-corrected chi connectivity index (χ0v) is 13.2. The second-order valence-electron chi connectivity index (χ2n) is 8.17. The Morgan fingerprint density at radius 1 is 1.29 bits per heavy atom. The second-order valence-corrected chi connectivity index (χ2v) is 8.17. The second kappa shape index (κ2) is 4.62. The van der Waals surface area contributed by atoms with Gasteiger partial charge < -0.3 is 15.3 Å². The van der Waals surface area contributed by atoms with Crippen molar-refractivity contribution in [2.24, 2.45) is 22.7 Å². The van der Waals surface area contributed by atoms with E-state index in [-0.39, 0.29) is 35.2 Å². The highest BCUT2D eigenvalue weighted by Crippen LogP contribution is 2.62. The Morgan fingerprint density at radius 2 is 1.95 bits per heavy atom. The van der Waals surface area contributed by atoms with Crippen molar-refractivity contribution < 1.29 is 14.7 Å². The normalized spacial score (nSPS) is 37.4. The summed E-state index contributed by atoms with van der Waals surface area (Å²) in [6, 6.07) is 0.221. The maximum Gasteiger partial charge on any atom is 0.317 e. The number of hydrogen-bond acceptors (Lipinski definition) is 2. The van der Waals surface area contributed by atoms with Gasteiger partial charge in [-0.25, -0.2) is 4.79 Å². The molecule has 0 aromatic rings. The minimum absolute atomic E-state index is 0.0107. The zero-order chi connectivity index (χ0) is 15.4. The van der Waals surface area contributed by atoms with E-state index < -0.39 is 5.97 Å². The molecule has 2 amide bonds. The number of hydrogen-bond donors (Lipinski definition) is 2. The first-order valence-electron chi connectivity index (χ1n) is 7.99. The van der Waals surface area contributed by atoms with Crippen LogP contribution >= 0.6 is 0 Å². The summed E-state index contributed by atoms with van der Waals surface area (Å²) in [6.45, 7) is 8.00. The van der Waals surface area contributed by atoms with Gasteiger partial charge in [-0.05, 0) is 36.0 Å². The average Bonchev–Trinajstić information content (AvgIpc) is 2.79. The molecule has 3 rings (SSSR count). The van der Waals surface area contributed by atoms with E-state index in [1.54, 1.807) is 4.90 Å². The van der Waals surface area contributed by atoms with E-state index in [1.807, 2.05) is 0 Å². The monoisotopic (exact) mass is 294 g/mol. The van der Waals surface area contributed by atoms with E-state index in [2.05, 4.69) is 26.1 Å². The fourth-order valence-corrected chi connectivity index (χ4v) is 4.99. The summed E-state index contributed by atoms with van der Waals surface area (Å²) in [5, 5.41) is 12.0. The van der Waals surface area contributed by atoms with Gasteiger partial charge in [-0.15, -0.1) is 0 Å². The lowest BCUT2D eigenvalue weighted by atomic mass is 9.68. The van der Waals surface area contributed by atoms with Crippen molar-refractivity contribution in [3.63, 3.8) is 0 Å². The van der Waals surface area contributed by atoms with Crippen molar-refractivity contribution in [3.8, 4) is 0 Å². The number of carboxylic acids is 1. The molecule has 0 spiro atoms. The number of urea groups is 1. The van der Waals surface area contributed by atoms with Gasteiger partial charge in [0.05, 0.1) is 6.42 Å². The van der Waals surface area contributed by atoms with Gasteiger partial charge in [-0.2, -0.15) is 0 Å². The first-order chi connectivity index (χ1) is 9.72. The van der Waals surface area contributed by atoms with Gasteiger partial charge in [0.25, 0.3) is 0 Å². The van der Waals surface area contributed by atoms with E-state index in [0.717, 1.165) is 0 Å². The Morgan fingerprint density at radius 3 is 2.48 bits per heavy atom. The molecule has 21 heavy (non-hydrogen) atoms. The number of nitrogens with one attached hydrogen (secondary N) is 1. The van der Waals surface area contributed by atoms with Crippen LogP contribution in [-0.2, 0) is 4.79 Å². The van der Waals surface area contributed by atoms with Crippen LogP contribution in [0.3, 0.4) is 0 Å². The number of amides is 2. The molecule has 3 fully saturated rings. The molecular weight excluding hydrogens is 268 g/mol. The lowest BCUT2D eigenvalue weighted by Gasteiger charge is -2.46. The van der Waals surface area contributed by atoms with Gasteiger partial charge in [-0.3, -0.25) is 4.79 Å². The summed E-state index contributed by atoms with van der Waals surface area (Å²) in [5.41, 5.74) is 0.392. The summed E-state index contributed by atoms with van der Waals surface area (Å²) in [4.78, 5) is 24.8. The molecule has 3 unspecified atom stereocenters. The van der Waals surface area contributed by atoms with Crippen LogP contribution in [0.4, 0.5) is 4.79 Å². The Labute approximate surface area is 126 Å². The first-order valence-corrected chi connectivity index (χ1v) is 7.99. The summed E-state index contributed by atoms with van der Waals surface area (Å²) in [6.07, 6.45) is 3.86. The number of aliphatic carboxylic acids is 1. The SMILES string of the molecule is CC12CCC(C1)C(C)(C)C2NC(=O)N1CC(CC(=O)O)C1. The van der Waals surface area contributed by atoms with Crippen LogP contribution < -0.4 is 5.32 Å². The molecule has 2 N–H and O–H groups in total. The van der Waals surface area contributed by atoms with Crippen molar-refractivity contribution in [1.82, 2.24) is 10.2 Å². The summed E-state index contributed by atoms with van der Waals surface area (Å²) in [5.74, 6) is 0.0580. The summed E-state index contributed by atoms with van der Waals surface area (Å²) in [7, 11) is 0. The molecule has 1 heterocycles. The van der Waals surface area contributed by atoms with Gasteiger partial charge in [0, 0.05) is 25.0 Å². The third-order valence-corrected chi connectivity index (χ3v) is 6.25. The predicted octanol–water partition coefficient (Wildman–Crippen LogP) is 2.32. The number of rotatable bonds is 3. The maximum absolute atomic E-state index is 12.4. The van der Waals surface area contributed by atoms with Gasteiger partial charge in [-0.1, -0.05) is 20.8 Å². The smallest absolute Gasteiger partial charge is 0.317 e. The van der Waals surface area contributed by atoms with Gasteiger partial charge >= 0.3 is 12.0 Å². The predicted molar refractivity (Wildman–Crippen MR) is 78.9 cm³/mol. The van der Waals surface area contributed by atoms with E-state index in [1.165, 1.54) is 19.3 Å². The van der Waals surface area contributed by atoms with E-state index in [4.69, 9.17) is 5.11 Å². The van der Waals surface area contributed by atoms with Gasteiger partial charge in [0.1, 0.15) is 0 Å². The Balaban J connectivity index is 1.58. The standard InChI is InChI=1S/C16H26N2O3/c1-15(2)11-4-5-16(3,7-11)13(15)17-14(21)18-8-10(9-18)6-12(19)20/h10-11,13H,4-9H2,1-3H3,(H,17,21)(H,19,20). The number of nitrogens with zero attached hydrogens (tertiary/aromatic N) is 1. The topological polar surface area (TPSA) is 69.6 Å². The molecule has 3 atom stereocenters. The highest BCUT2D eigenvalue weighted by Gasteiger charge is 2.60. The van der Waals surface area contributed by atoms with E-state index in [0.29, 0.717) is 19.0 Å². The summed E-state index contributed by atoms with van der Waals surface area (Å²) < 4.78 is 0. The van der Waals surface area contributed by atoms with Crippen molar-refractivity contribution in [2.75, 3.05) is 13.1 Å². The molecule has 0 aromatic carbocycles. The maximum atomic E-state index is 12.4. The van der Waals surface area contributed by atoms with Gasteiger partial charge in [0.15, 0.2) is 0 Å². The number of carbonyl (C=O) groups is 2. The van der Waals surface area contributed by atoms with Crippen LogP contribution in [0.25, 0.3) is 0 Å². The highest BCUT2D eigenvalue weighted by atomic mass is 16.4. The largest absolute Gasteiger partial charge is 0.481 e.